The van der Waals surface area contributed by atoms with Crippen molar-refractivity contribution in [2.75, 3.05) is 6.54 Å². The molecule has 1 N–H and O–H groups in total. The predicted octanol–water partition coefficient (Wildman–Crippen LogP) is 3.42. The van der Waals surface area contributed by atoms with Crippen LogP contribution in [0, 0.1) is 0 Å². The number of fused-ring (bicyclic) bond motifs is 1. The summed E-state index contributed by atoms with van der Waals surface area (Å²) in [6, 6.07) is 6.25. The van der Waals surface area contributed by atoms with Gasteiger partial charge in [-0.2, -0.15) is 0 Å². The molecule has 0 saturated heterocycles. The first-order chi connectivity index (χ1) is 12.0. The summed E-state index contributed by atoms with van der Waals surface area (Å²) in [7, 11) is 0. The van der Waals surface area contributed by atoms with Crippen molar-refractivity contribution in [3.05, 3.63) is 40.2 Å². The molecule has 6 heteroatoms. The summed E-state index contributed by atoms with van der Waals surface area (Å²) < 4.78 is 10.4. The molecule has 1 amide bonds. The molecule has 134 valence electrons. The van der Waals surface area contributed by atoms with E-state index in [0.717, 1.165) is 25.7 Å². The lowest BCUT2D eigenvalue weighted by atomic mass is 10.1. The van der Waals surface area contributed by atoms with Gasteiger partial charge in [0.2, 0.25) is 0 Å². The van der Waals surface area contributed by atoms with Gasteiger partial charge >= 0.3 is 11.6 Å². The van der Waals surface area contributed by atoms with Crippen molar-refractivity contribution < 1.29 is 18.7 Å². The van der Waals surface area contributed by atoms with E-state index in [4.69, 9.17) is 9.15 Å². The number of hydrogen-bond donors (Lipinski definition) is 1. The van der Waals surface area contributed by atoms with Crippen LogP contribution in [0.2, 0.25) is 0 Å². The fraction of sp³-hybridized carbons (Fsp3) is 0.421. The first-order valence-electron chi connectivity index (χ1n) is 8.62. The van der Waals surface area contributed by atoms with E-state index in [1.54, 1.807) is 12.1 Å². The Morgan fingerprint density at radius 3 is 2.60 bits per heavy atom. The molecule has 6 nitrogen and oxygen atoms in total. The summed E-state index contributed by atoms with van der Waals surface area (Å²) in [5, 5.41) is 3.29. The van der Waals surface area contributed by atoms with E-state index in [-0.39, 0.29) is 17.1 Å². The SMILES string of the molecule is CCCCNC(=O)c1cc2ccc(OC(=O)CCCC)cc2oc1=O. The van der Waals surface area contributed by atoms with Crippen molar-refractivity contribution in [2.24, 2.45) is 0 Å². The van der Waals surface area contributed by atoms with Crippen LogP contribution in [0.1, 0.15) is 56.3 Å². The summed E-state index contributed by atoms with van der Waals surface area (Å²) in [5.41, 5.74) is -0.469. The number of ether oxygens (including phenoxy) is 1. The van der Waals surface area contributed by atoms with Crippen LogP contribution in [-0.2, 0) is 4.79 Å². The minimum Gasteiger partial charge on any atom is -0.426 e. The molecule has 2 aromatic rings. The molecule has 25 heavy (non-hydrogen) atoms. The number of carbonyl (C=O) groups is 2. The summed E-state index contributed by atoms with van der Waals surface area (Å²) in [5.74, 6) is -0.452. The lowest BCUT2D eigenvalue weighted by molar-refractivity contribution is -0.134. The van der Waals surface area contributed by atoms with Gasteiger partial charge in [-0.05, 0) is 31.0 Å². The van der Waals surface area contributed by atoms with Crippen molar-refractivity contribution in [3.63, 3.8) is 0 Å². The van der Waals surface area contributed by atoms with Crippen LogP contribution >= 0.6 is 0 Å². The molecule has 0 radical (unpaired) electrons. The van der Waals surface area contributed by atoms with Crippen molar-refractivity contribution in [1.82, 2.24) is 5.32 Å². The first kappa shape index (κ1) is 18.7. The van der Waals surface area contributed by atoms with Crippen LogP contribution in [0.3, 0.4) is 0 Å². The normalized spacial score (nSPS) is 10.6. The van der Waals surface area contributed by atoms with Crippen LogP contribution < -0.4 is 15.7 Å². The van der Waals surface area contributed by atoms with Gasteiger partial charge in [-0.3, -0.25) is 9.59 Å². The molecule has 0 bridgehead atoms. The van der Waals surface area contributed by atoms with Gasteiger partial charge in [0.25, 0.3) is 5.91 Å². The second kappa shape index (κ2) is 9.01. The maximum atomic E-state index is 12.1. The number of esters is 1. The molecule has 2 rings (SSSR count). The van der Waals surface area contributed by atoms with Crippen LogP contribution in [0.25, 0.3) is 11.0 Å². The maximum absolute atomic E-state index is 12.1. The average molecular weight is 345 g/mol. The van der Waals surface area contributed by atoms with Gasteiger partial charge in [0.1, 0.15) is 16.9 Å². The molecular weight excluding hydrogens is 322 g/mol. The quantitative estimate of drug-likeness (QED) is 0.343. The highest BCUT2D eigenvalue weighted by Gasteiger charge is 2.14. The van der Waals surface area contributed by atoms with Gasteiger partial charge in [0, 0.05) is 24.4 Å². The number of carbonyl (C=O) groups excluding carboxylic acids is 2. The molecule has 0 unspecified atom stereocenters. The molecule has 0 spiro atoms. The highest BCUT2D eigenvalue weighted by atomic mass is 16.5. The molecule has 0 fully saturated rings. The predicted molar refractivity (Wildman–Crippen MR) is 94.9 cm³/mol. The van der Waals surface area contributed by atoms with E-state index < -0.39 is 11.5 Å². The zero-order valence-corrected chi connectivity index (χ0v) is 14.6. The lowest BCUT2D eigenvalue weighted by Crippen LogP contribution is -2.28. The van der Waals surface area contributed by atoms with Gasteiger partial charge < -0.3 is 14.5 Å². The smallest absolute Gasteiger partial charge is 0.349 e. The van der Waals surface area contributed by atoms with E-state index in [2.05, 4.69) is 5.32 Å². The highest BCUT2D eigenvalue weighted by Crippen LogP contribution is 2.21. The average Bonchev–Trinajstić information content (AvgIpc) is 2.59. The van der Waals surface area contributed by atoms with Crippen molar-refractivity contribution in [3.8, 4) is 5.75 Å². The van der Waals surface area contributed by atoms with Crippen LogP contribution in [0.4, 0.5) is 0 Å². The largest absolute Gasteiger partial charge is 0.426 e. The Balaban J connectivity index is 2.18. The third-order valence-electron chi connectivity index (χ3n) is 3.73. The summed E-state index contributed by atoms with van der Waals surface area (Å²) in [6.07, 6.45) is 3.81. The van der Waals surface area contributed by atoms with Gasteiger partial charge in [0.15, 0.2) is 0 Å². The molecule has 0 aliphatic rings. The lowest BCUT2D eigenvalue weighted by Gasteiger charge is -2.06. The van der Waals surface area contributed by atoms with Crippen LogP contribution in [0.15, 0.2) is 33.5 Å². The molecule has 0 aliphatic heterocycles. The Labute approximate surface area is 146 Å². The zero-order chi connectivity index (χ0) is 18.2. The molecule has 1 aromatic carbocycles. The second-order valence-electron chi connectivity index (χ2n) is 5.83. The van der Waals surface area contributed by atoms with Gasteiger partial charge in [-0.25, -0.2) is 4.79 Å². The van der Waals surface area contributed by atoms with Crippen LogP contribution in [-0.4, -0.2) is 18.4 Å². The van der Waals surface area contributed by atoms with Crippen molar-refractivity contribution >= 4 is 22.8 Å². The van der Waals surface area contributed by atoms with E-state index in [1.165, 1.54) is 12.1 Å². The molecular formula is C19H23NO5. The standard InChI is InChI=1S/C19H23NO5/c1-3-5-7-17(21)24-14-9-8-13-11-15(18(22)20-10-6-4-2)19(23)25-16(13)12-14/h8-9,11-12H,3-7,10H2,1-2H3,(H,20,22). The second-order valence-corrected chi connectivity index (χ2v) is 5.83. The van der Waals surface area contributed by atoms with E-state index in [1.807, 2.05) is 13.8 Å². The van der Waals surface area contributed by atoms with E-state index in [9.17, 15) is 14.4 Å². The minimum atomic E-state index is -0.712. The third kappa shape index (κ3) is 5.17. The highest BCUT2D eigenvalue weighted by molar-refractivity contribution is 5.96. The number of rotatable bonds is 8. The summed E-state index contributed by atoms with van der Waals surface area (Å²) >= 11 is 0. The minimum absolute atomic E-state index is 0.0312. The Hall–Kier alpha value is -2.63. The molecule has 0 atom stereocenters. The topological polar surface area (TPSA) is 85.6 Å². The Morgan fingerprint density at radius 1 is 1.12 bits per heavy atom. The number of nitrogens with one attached hydrogen (secondary N) is 1. The van der Waals surface area contributed by atoms with E-state index in [0.29, 0.717) is 24.1 Å². The number of hydrogen-bond acceptors (Lipinski definition) is 5. The number of benzene rings is 1. The maximum Gasteiger partial charge on any atom is 0.349 e. The molecule has 1 heterocycles. The summed E-state index contributed by atoms with van der Waals surface area (Å²) in [4.78, 5) is 35.8. The third-order valence-corrected chi connectivity index (χ3v) is 3.73. The van der Waals surface area contributed by atoms with Gasteiger partial charge in [-0.15, -0.1) is 0 Å². The van der Waals surface area contributed by atoms with Gasteiger partial charge in [0.05, 0.1) is 0 Å². The molecule has 0 aliphatic carbocycles. The number of unbranched alkanes of at least 4 members (excludes halogenated alkanes) is 2. The van der Waals surface area contributed by atoms with Crippen molar-refractivity contribution in [2.45, 2.75) is 46.0 Å². The fourth-order valence-electron chi connectivity index (χ4n) is 2.29. The zero-order valence-electron chi connectivity index (χ0n) is 14.6. The van der Waals surface area contributed by atoms with Crippen molar-refractivity contribution in [1.29, 1.82) is 0 Å². The monoisotopic (exact) mass is 345 g/mol. The molecule has 1 aromatic heterocycles. The Morgan fingerprint density at radius 2 is 1.88 bits per heavy atom. The summed E-state index contributed by atoms with van der Waals surface area (Å²) in [6.45, 7) is 4.52. The van der Waals surface area contributed by atoms with E-state index >= 15 is 0 Å². The Kier molecular flexibility index (Phi) is 6.74. The molecule has 0 saturated carbocycles. The Bertz CT molecular complexity index is 809. The number of amides is 1. The first-order valence-corrected chi connectivity index (χ1v) is 8.62. The fourth-order valence-corrected chi connectivity index (χ4v) is 2.29. The van der Waals surface area contributed by atoms with Gasteiger partial charge in [-0.1, -0.05) is 26.7 Å². The van der Waals surface area contributed by atoms with Crippen LogP contribution in [0.5, 0.6) is 5.75 Å².